The highest BCUT2D eigenvalue weighted by molar-refractivity contribution is 7.88. The first-order valence-electron chi connectivity index (χ1n) is 8.35. The average Bonchev–Trinajstić information content (AvgIpc) is 2.55. The van der Waals surface area contributed by atoms with Crippen LogP contribution in [0.5, 0.6) is 5.75 Å². The Morgan fingerprint density at radius 1 is 1.17 bits per heavy atom. The fourth-order valence-corrected chi connectivity index (χ4v) is 3.48. The summed E-state index contributed by atoms with van der Waals surface area (Å²) in [5.74, 6) is 1.13. The second-order valence-corrected chi connectivity index (χ2v) is 8.12. The van der Waals surface area contributed by atoms with Gasteiger partial charge in [0.05, 0.1) is 12.9 Å². The van der Waals surface area contributed by atoms with Crippen LogP contribution in [-0.4, -0.2) is 33.7 Å². The first-order chi connectivity index (χ1) is 11.4. The van der Waals surface area contributed by atoms with Gasteiger partial charge in [0.15, 0.2) is 0 Å². The van der Waals surface area contributed by atoms with Crippen LogP contribution in [-0.2, 0) is 14.8 Å². The Labute approximate surface area is 144 Å². The van der Waals surface area contributed by atoms with Gasteiger partial charge in [0, 0.05) is 18.2 Å². The third-order valence-corrected chi connectivity index (χ3v) is 4.98. The summed E-state index contributed by atoms with van der Waals surface area (Å²) in [6.07, 6.45) is 4.48. The highest BCUT2D eigenvalue weighted by Crippen LogP contribution is 2.29. The Bertz CT molecular complexity index is 635. The number of benzene rings is 1. The lowest BCUT2D eigenvalue weighted by Crippen LogP contribution is -2.33. The zero-order valence-electron chi connectivity index (χ0n) is 14.2. The van der Waals surface area contributed by atoms with E-state index in [1.807, 2.05) is 31.2 Å². The number of ether oxygens (including phenoxy) is 1. The van der Waals surface area contributed by atoms with Crippen LogP contribution >= 0.6 is 0 Å². The predicted octanol–water partition coefficient (Wildman–Crippen LogP) is 2.38. The van der Waals surface area contributed by atoms with Crippen molar-refractivity contribution in [2.45, 2.75) is 32.6 Å². The Kier molecular flexibility index (Phi) is 6.62. The molecule has 1 aliphatic rings. The number of carbonyl (C=O) groups excluding carboxylic acids is 1. The lowest BCUT2D eigenvalue weighted by atomic mass is 9.81. The average molecular weight is 354 g/mol. The van der Waals surface area contributed by atoms with Crippen molar-refractivity contribution >= 4 is 21.6 Å². The van der Waals surface area contributed by atoms with Gasteiger partial charge in [0.25, 0.3) is 0 Å². The molecule has 0 aliphatic heterocycles. The number of anilines is 1. The van der Waals surface area contributed by atoms with E-state index in [9.17, 15) is 13.2 Å². The molecular weight excluding hydrogens is 328 g/mol. The van der Waals surface area contributed by atoms with Crippen molar-refractivity contribution in [3.8, 4) is 5.75 Å². The summed E-state index contributed by atoms with van der Waals surface area (Å²) in [4.78, 5) is 12.3. The fourth-order valence-electron chi connectivity index (χ4n) is 2.94. The van der Waals surface area contributed by atoms with E-state index < -0.39 is 10.0 Å². The molecule has 1 amide bonds. The molecule has 2 rings (SSSR count). The van der Waals surface area contributed by atoms with Gasteiger partial charge in [0.1, 0.15) is 5.75 Å². The normalized spacial score (nSPS) is 21.2. The van der Waals surface area contributed by atoms with Gasteiger partial charge in [-0.05, 0) is 62.8 Å². The monoisotopic (exact) mass is 354 g/mol. The molecule has 0 bridgehead atoms. The number of hydrogen-bond donors (Lipinski definition) is 2. The number of sulfonamides is 1. The second kappa shape index (κ2) is 8.48. The summed E-state index contributed by atoms with van der Waals surface area (Å²) >= 11 is 0. The van der Waals surface area contributed by atoms with E-state index in [4.69, 9.17) is 4.74 Å². The molecule has 1 aromatic carbocycles. The van der Waals surface area contributed by atoms with Gasteiger partial charge in [-0.25, -0.2) is 13.1 Å². The summed E-state index contributed by atoms with van der Waals surface area (Å²) in [6.45, 7) is 3.01. The molecule has 0 spiro atoms. The molecule has 6 nitrogen and oxygen atoms in total. The molecule has 0 atom stereocenters. The maximum Gasteiger partial charge on any atom is 0.227 e. The fraction of sp³-hybridized carbons (Fsp3) is 0.588. The molecule has 1 fully saturated rings. The largest absolute Gasteiger partial charge is 0.494 e. The summed E-state index contributed by atoms with van der Waals surface area (Å²) in [5.41, 5.74) is 0.768. The van der Waals surface area contributed by atoms with Crippen LogP contribution in [0.4, 0.5) is 5.69 Å². The van der Waals surface area contributed by atoms with Crippen molar-refractivity contribution in [3.63, 3.8) is 0 Å². The highest BCUT2D eigenvalue weighted by Gasteiger charge is 2.26. The van der Waals surface area contributed by atoms with E-state index in [1.54, 1.807) is 0 Å². The van der Waals surface area contributed by atoms with Crippen LogP contribution in [0.3, 0.4) is 0 Å². The maximum absolute atomic E-state index is 12.3. The Morgan fingerprint density at radius 2 is 1.79 bits per heavy atom. The SMILES string of the molecule is CCOc1ccc(NC(=O)C2CCC(CNS(C)(=O)=O)CC2)cc1. The van der Waals surface area contributed by atoms with Crippen LogP contribution in [0, 0.1) is 11.8 Å². The molecule has 0 aromatic heterocycles. The first kappa shape index (κ1) is 18.7. The van der Waals surface area contributed by atoms with E-state index in [0.29, 0.717) is 19.1 Å². The van der Waals surface area contributed by atoms with E-state index in [2.05, 4.69) is 10.0 Å². The van der Waals surface area contributed by atoms with Crippen LogP contribution in [0.25, 0.3) is 0 Å². The minimum Gasteiger partial charge on any atom is -0.494 e. The van der Waals surface area contributed by atoms with Crippen LogP contribution < -0.4 is 14.8 Å². The second-order valence-electron chi connectivity index (χ2n) is 6.28. The number of hydrogen-bond acceptors (Lipinski definition) is 4. The summed E-state index contributed by atoms with van der Waals surface area (Å²) in [6, 6.07) is 7.36. The van der Waals surface area contributed by atoms with Crippen LogP contribution in [0.15, 0.2) is 24.3 Å². The maximum atomic E-state index is 12.3. The van der Waals surface area contributed by atoms with Crippen molar-refractivity contribution in [1.29, 1.82) is 0 Å². The third-order valence-electron chi connectivity index (χ3n) is 4.28. The molecular formula is C17H26N2O4S. The number of amides is 1. The van der Waals surface area contributed by atoms with Crippen molar-refractivity contribution < 1.29 is 17.9 Å². The molecule has 1 saturated carbocycles. The third kappa shape index (κ3) is 6.13. The van der Waals surface area contributed by atoms with Crippen molar-refractivity contribution in [2.75, 3.05) is 24.7 Å². The van der Waals surface area contributed by atoms with Gasteiger partial charge in [-0.3, -0.25) is 4.79 Å². The van der Waals surface area contributed by atoms with Gasteiger partial charge in [0.2, 0.25) is 15.9 Å². The van der Waals surface area contributed by atoms with Gasteiger partial charge >= 0.3 is 0 Å². The molecule has 134 valence electrons. The van der Waals surface area contributed by atoms with E-state index in [1.165, 1.54) is 6.26 Å². The summed E-state index contributed by atoms with van der Waals surface area (Å²) in [7, 11) is -3.14. The minimum absolute atomic E-state index is 0.00829. The van der Waals surface area contributed by atoms with E-state index in [0.717, 1.165) is 37.1 Å². The Morgan fingerprint density at radius 3 is 2.33 bits per heavy atom. The molecule has 1 aliphatic carbocycles. The van der Waals surface area contributed by atoms with Crippen molar-refractivity contribution in [3.05, 3.63) is 24.3 Å². The van der Waals surface area contributed by atoms with Crippen molar-refractivity contribution in [2.24, 2.45) is 11.8 Å². The van der Waals surface area contributed by atoms with Crippen LogP contribution in [0.1, 0.15) is 32.6 Å². The molecule has 0 heterocycles. The number of rotatable bonds is 7. The predicted molar refractivity (Wildman–Crippen MR) is 94.5 cm³/mol. The summed E-state index contributed by atoms with van der Waals surface area (Å²) in [5, 5.41) is 2.95. The molecule has 0 saturated heterocycles. The highest BCUT2D eigenvalue weighted by atomic mass is 32.2. The standard InChI is InChI=1S/C17H26N2O4S/c1-3-23-16-10-8-15(9-11-16)19-17(20)14-6-4-13(5-7-14)12-18-24(2,21)22/h8-11,13-14,18H,3-7,12H2,1-2H3,(H,19,20). The van der Waals surface area contributed by atoms with E-state index in [-0.39, 0.29) is 11.8 Å². The number of carbonyl (C=O) groups is 1. The van der Waals surface area contributed by atoms with Crippen LogP contribution in [0.2, 0.25) is 0 Å². The lowest BCUT2D eigenvalue weighted by molar-refractivity contribution is -0.121. The molecule has 2 N–H and O–H groups in total. The minimum atomic E-state index is -3.14. The van der Waals surface area contributed by atoms with E-state index >= 15 is 0 Å². The molecule has 0 unspecified atom stereocenters. The number of nitrogens with one attached hydrogen (secondary N) is 2. The van der Waals surface area contributed by atoms with Gasteiger partial charge in [-0.15, -0.1) is 0 Å². The summed E-state index contributed by atoms with van der Waals surface area (Å²) < 4.78 is 30.2. The smallest absolute Gasteiger partial charge is 0.227 e. The quantitative estimate of drug-likeness (QED) is 0.787. The Hall–Kier alpha value is -1.60. The lowest BCUT2D eigenvalue weighted by Gasteiger charge is -2.27. The zero-order chi connectivity index (χ0) is 17.6. The van der Waals surface area contributed by atoms with Gasteiger partial charge < -0.3 is 10.1 Å². The van der Waals surface area contributed by atoms with Gasteiger partial charge in [-0.2, -0.15) is 0 Å². The molecule has 24 heavy (non-hydrogen) atoms. The topological polar surface area (TPSA) is 84.5 Å². The zero-order valence-corrected chi connectivity index (χ0v) is 15.1. The first-order valence-corrected chi connectivity index (χ1v) is 10.2. The van der Waals surface area contributed by atoms with Gasteiger partial charge in [-0.1, -0.05) is 0 Å². The Balaban J connectivity index is 1.78. The molecule has 0 radical (unpaired) electrons. The van der Waals surface area contributed by atoms with Crippen molar-refractivity contribution in [1.82, 2.24) is 4.72 Å². The molecule has 7 heteroatoms. The molecule has 1 aromatic rings.